The van der Waals surface area contributed by atoms with Crippen LogP contribution in [0.4, 0.5) is 29.2 Å². The van der Waals surface area contributed by atoms with Crippen LogP contribution in [0.2, 0.25) is 0 Å². The third-order valence-electron chi connectivity index (χ3n) is 23.3. The van der Waals surface area contributed by atoms with Gasteiger partial charge in [0, 0.05) is 64.8 Å². The van der Waals surface area contributed by atoms with E-state index in [0.29, 0.717) is 23.1 Å². The molecule has 59 nitrogen and oxygen atoms in total. The number of ether oxygens (including phenoxy) is 14. The maximum Gasteiger partial charge on any atom is 0.351 e. The molecule has 11 unspecified atom stereocenters. The summed E-state index contributed by atoms with van der Waals surface area (Å²) in [5, 5.41) is 11.9. The summed E-state index contributed by atoms with van der Waals surface area (Å²) in [4.78, 5) is 172. The van der Waals surface area contributed by atoms with E-state index in [9.17, 15) is 48.8 Å². The lowest BCUT2D eigenvalue weighted by Crippen LogP contribution is -2.41. The molecule has 6 aliphatic rings. The van der Waals surface area contributed by atoms with Crippen LogP contribution in [-0.4, -0.2) is 339 Å². The first kappa shape index (κ1) is 107. The largest absolute Gasteiger partial charge is 0.387 e. The molecule has 10 aromatic heterocycles. The molecule has 0 aliphatic carbocycles. The second-order valence-electron chi connectivity index (χ2n) is 32.5. The molecule has 16 heterocycles. The van der Waals surface area contributed by atoms with Gasteiger partial charge in [-0.3, -0.25) is 60.5 Å². The number of fused-ring (bicyclic) bond motifs is 4. The predicted molar refractivity (Wildman–Crippen MR) is 508 cm³/mol. The zero-order chi connectivity index (χ0) is 101. The van der Waals surface area contributed by atoms with Gasteiger partial charge in [-0.25, -0.2) is 59.4 Å². The van der Waals surface area contributed by atoms with E-state index >= 15 is 0 Å². The van der Waals surface area contributed by atoms with Gasteiger partial charge in [-0.1, -0.05) is 6.92 Å². The SMILES string of the molecule is CC[C@H]1O[C@@H](n2cnc3c(N)ncnc32)CC1OP(O)(=S)OC[C@H]1O[C@@H](n2cc(C)c(=O)[nH]c2=O)[C@@H](OCCOC)C1OP(O)(=S)OC[C@H]1O[C@@H](n2cnc3c(N)ncnc32)[C@@H](OCCOC)C1OP(O)(=S)OC[C@H]1O[C@@H](n2cnc3c(=O)[nH]c(N)nc32)CC1OP(O)(=S)OC[C@H]1O[C@@H](n2cc(C)c(N)nc2=O)[C@@H](OCCOC)C1OP(O)(=S)OC[C@H]1O[C@@H](n2cnc3c(N)ncnc32)[C@@H](OCCOC)C1O. The Kier molecular flexibility index (Phi) is 34.6. The predicted octanol–water partition coefficient (Wildman–Crippen LogP) is -0.871. The molecule has 0 bridgehead atoms. The van der Waals surface area contributed by atoms with E-state index in [1.807, 2.05) is 6.92 Å². The van der Waals surface area contributed by atoms with Crippen LogP contribution >= 0.6 is 33.6 Å². The first-order valence-corrected chi connectivity index (χ1v) is 56.2. The number of rotatable bonds is 48. The topological polar surface area (TPSA) is 757 Å². The van der Waals surface area contributed by atoms with Gasteiger partial charge in [-0.15, -0.1) is 0 Å². The van der Waals surface area contributed by atoms with Crippen molar-refractivity contribution in [2.24, 2.45) is 0 Å². The molecular weight excluding hydrogens is 2090 g/mol. The highest BCUT2D eigenvalue weighted by atomic mass is 32.5. The molecule has 18 N–H and O–H groups in total. The number of aliphatic hydroxyl groups excluding tert-OH is 1. The number of nitrogen functional groups attached to an aromatic ring is 5. The summed E-state index contributed by atoms with van der Waals surface area (Å²) >= 11 is 29.0. The fourth-order valence-electron chi connectivity index (χ4n) is 16.6. The molecule has 16 rings (SSSR count). The minimum atomic E-state index is -4.92. The number of aryl methyl sites for hydroxylation is 2. The summed E-state index contributed by atoms with van der Waals surface area (Å²) < 4.78 is 156. The number of methoxy groups -OCH3 is 4. The smallest absolute Gasteiger partial charge is 0.351 e. The molecule has 10 aromatic rings. The molecule has 0 aromatic carbocycles. The van der Waals surface area contributed by atoms with Gasteiger partial charge in [-0.2, -0.15) is 9.97 Å². The highest BCUT2D eigenvalue weighted by Gasteiger charge is 2.57. The lowest BCUT2D eigenvalue weighted by Gasteiger charge is -2.31. The number of nitrogens with one attached hydrogen (secondary N) is 2. The van der Waals surface area contributed by atoms with Crippen LogP contribution in [-0.2, 0) is 171 Å². The van der Waals surface area contributed by atoms with Crippen molar-refractivity contribution in [1.82, 2.24) is 97.2 Å². The number of nitrogens with two attached hydrogens (primary N) is 5. The fraction of sp³-hybridized carbons (Fsp3) is 0.616. The Morgan fingerprint density at radius 2 is 0.746 bits per heavy atom. The molecule has 0 amide bonds. The number of imidazole rings is 4. The number of H-pyrrole nitrogens is 2. The standard InChI is InChI=1S/C73H102N25O34P5S5/c1-8-35-36(17-43(122-35)95-29-85-45-58(75)79-26-82-61(45)95)128-133(104,138)119-23-41-51(55(115-15-11-111-6)69(126-41)94-20-34(3)65(100)92-73(94)103)131-137(108,142)121-25-42-52(56(116-16-12-112-7)70(127-42)98-32-87-47-60(77)81-28-84-63(47)98)132-135(106,140)117-21-38-37(18-44(123-38)96-30-88-48-64(96)90-71(78)91-66(48)101)129-134(105,139)120-24-40-50(54(114-14-10-110-5)68(125-40)93-19-33(2)57(74)89-72(93)102)130-136(107,141)118-22-39-49(99)53(113-13-9-109-4)67(124-39)97-31-86-46-59(76)80-27-83-62(46)97/h19-20,26-32,35-44,49-56,67-70,99H,8-18,21-25H2,1-7H3,(H,104,138)(H,105,139)(H,106,140)(H,107,141)(H,108,142)(H2,74,89,102)(H2,75,79,82)(H2,76,80,83)(H2,77,81,84)(H,92,100,103)(H3,78,90,91,101)/t35-,36?,37?,38-,39-,40-,41-,42-,43-,44-,49?,50?,51?,52?,53+,54+,55+,56+,67-,68-,69-,70-,133?,134?,135?,136?,137?/m1/s1. The normalized spacial score (nSPS) is 29.1. The van der Waals surface area contributed by atoms with E-state index in [1.54, 1.807) is 11.5 Å². The zero-order valence-electron chi connectivity index (χ0n) is 76.0. The first-order chi connectivity index (χ1) is 67.8. The molecule has 69 heteroatoms. The Balaban J connectivity index is 0.666. The number of aliphatic hydroxyl groups is 1. The average molecular weight is 2190 g/mol. The van der Waals surface area contributed by atoms with E-state index in [2.05, 4.69) is 69.8 Å². The Hall–Kier alpha value is -7.39. The van der Waals surface area contributed by atoms with Crippen LogP contribution in [0.25, 0.3) is 44.7 Å². The van der Waals surface area contributed by atoms with Gasteiger partial charge in [0.1, 0.15) is 133 Å². The van der Waals surface area contributed by atoms with Crippen LogP contribution in [0.3, 0.4) is 0 Å². The van der Waals surface area contributed by atoms with Gasteiger partial charge in [0.15, 0.2) is 70.5 Å². The van der Waals surface area contributed by atoms with Crippen LogP contribution in [0, 0.1) is 13.8 Å². The van der Waals surface area contributed by atoms with Crippen molar-refractivity contribution in [2.45, 2.75) is 175 Å². The number of aromatic amines is 2. The van der Waals surface area contributed by atoms with Crippen molar-refractivity contribution in [1.29, 1.82) is 0 Å². The van der Waals surface area contributed by atoms with Gasteiger partial charge in [-0.05, 0) is 79.3 Å². The Labute approximate surface area is 827 Å². The van der Waals surface area contributed by atoms with Gasteiger partial charge >= 0.3 is 45.0 Å². The van der Waals surface area contributed by atoms with E-state index in [1.165, 1.54) is 99.4 Å². The van der Waals surface area contributed by atoms with Crippen LogP contribution in [0.1, 0.15) is 74.7 Å². The molecule has 778 valence electrons. The van der Waals surface area contributed by atoms with Crippen molar-refractivity contribution in [3.63, 3.8) is 0 Å². The van der Waals surface area contributed by atoms with E-state index in [0.717, 1.165) is 15.5 Å². The fourth-order valence-corrected chi connectivity index (χ4v) is 23.9. The number of hydrogen-bond donors (Lipinski definition) is 13. The molecule has 0 radical (unpaired) electrons. The zero-order valence-corrected chi connectivity index (χ0v) is 84.6. The molecule has 6 fully saturated rings. The van der Waals surface area contributed by atoms with Crippen LogP contribution < -0.4 is 51.2 Å². The van der Waals surface area contributed by atoms with E-state index in [-0.39, 0.29) is 134 Å². The lowest BCUT2D eigenvalue weighted by atomic mass is 10.1. The van der Waals surface area contributed by atoms with E-state index in [4.69, 9.17) is 199 Å². The van der Waals surface area contributed by atoms with Crippen molar-refractivity contribution < 1.29 is 141 Å². The highest BCUT2D eigenvalue weighted by Crippen LogP contribution is 2.58. The molecule has 142 heavy (non-hydrogen) atoms. The lowest BCUT2D eigenvalue weighted by molar-refractivity contribution is -0.0823. The first-order valence-electron chi connectivity index (χ1n) is 43.3. The van der Waals surface area contributed by atoms with Crippen molar-refractivity contribution in [3.8, 4) is 0 Å². The van der Waals surface area contributed by atoms with Crippen molar-refractivity contribution in [3.05, 3.63) is 109 Å². The van der Waals surface area contributed by atoms with Crippen molar-refractivity contribution in [2.75, 3.05) is 143 Å². The van der Waals surface area contributed by atoms with E-state index < -0.39 is 224 Å². The molecule has 0 spiro atoms. The van der Waals surface area contributed by atoms with Gasteiger partial charge < -0.3 is 156 Å². The average Bonchev–Trinajstić information content (AvgIpc) is 1.59. The second kappa shape index (κ2) is 45.8. The summed E-state index contributed by atoms with van der Waals surface area (Å²) in [5.74, 6) is -0.324. The Morgan fingerprint density at radius 3 is 1.20 bits per heavy atom. The quantitative estimate of drug-likeness (QED) is 0.0163. The minimum Gasteiger partial charge on any atom is -0.387 e. The Bertz CT molecular complexity index is 6660. The third-order valence-corrected chi connectivity index (χ3v) is 31.1. The third kappa shape index (κ3) is 24.3. The molecular formula is C73H102N25O34P5S5. The van der Waals surface area contributed by atoms with Gasteiger partial charge in [0.05, 0.1) is 130 Å². The molecule has 6 aliphatic heterocycles. The molecule has 0 saturated carbocycles. The maximum atomic E-state index is 14.0. The summed E-state index contributed by atoms with van der Waals surface area (Å²) in [6.07, 6.45) is -19.0. The molecule has 27 atom stereocenters. The Morgan fingerprint density at radius 1 is 0.387 bits per heavy atom. The number of hydrogen-bond acceptors (Lipinski definition) is 51. The summed E-state index contributed by atoms with van der Waals surface area (Å²) in [5.41, 5.74) is 28.7. The van der Waals surface area contributed by atoms with Crippen molar-refractivity contribution >= 4 is 167 Å². The highest BCUT2D eigenvalue weighted by molar-refractivity contribution is 8.08. The molecule has 6 saturated heterocycles. The summed E-state index contributed by atoms with van der Waals surface area (Å²) in [7, 11) is 5.62. The number of nitrogens with zero attached hydrogens (tertiary/aromatic N) is 18. The van der Waals surface area contributed by atoms with Gasteiger partial charge in [0.2, 0.25) is 5.95 Å². The minimum absolute atomic E-state index is 0.0222. The maximum absolute atomic E-state index is 14.0. The number of anilines is 5. The van der Waals surface area contributed by atoms with Gasteiger partial charge in [0.25, 0.3) is 11.1 Å². The summed E-state index contributed by atoms with van der Waals surface area (Å²) in [6.45, 7) is -23.7. The van der Waals surface area contributed by atoms with Crippen LogP contribution in [0.15, 0.2) is 75.9 Å². The summed E-state index contributed by atoms with van der Waals surface area (Å²) in [6, 6.07) is 0. The number of aromatic nitrogens is 20. The van der Waals surface area contributed by atoms with Crippen LogP contribution in [0.5, 0.6) is 0 Å². The second-order valence-corrected chi connectivity index (χ2v) is 46.5. The monoisotopic (exact) mass is 2190 g/mol.